The number of imidazole rings is 1. The fraction of sp³-hybridized carbons (Fsp3) is 0.0556. The molecule has 4 rings (SSSR count). The van der Waals surface area contributed by atoms with Crippen molar-refractivity contribution in [3.63, 3.8) is 0 Å². The maximum absolute atomic E-state index is 12.9. The van der Waals surface area contributed by atoms with Gasteiger partial charge in [0, 0.05) is 12.7 Å². The summed E-state index contributed by atoms with van der Waals surface area (Å²) in [5, 5.41) is 6.96. The van der Waals surface area contributed by atoms with Crippen molar-refractivity contribution in [3.8, 4) is 5.95 Å². The van der Waals surface area contributed by atoms with Gasteiger partial charge in [0.15, 0.2) is 0 Å². The highest BCUT2D eigenvalue weighted by molar-refractivity contribution is 5.93. The van der Waals surface area contributed by atoms with Crippen LogP contribution in [0.3, 0.4) is 0 Å². The van der Waals surface area contributed by atoms with Crippen molar-refractivity contribution in [3.05, 3.63) is 77.9 Å². The Morgan fingerprint density at radius 3 is 2.76 bits per heavy atom. The van der Waals surface area contributed by atoms with Crippen LogP contribution in [0.5, 0.6) is 0 Å². The van der Waals surface area contributed by atoms with Crippen molar-refractivity contribution in [2.45, 2.75) is 6.54 Å². The first-order valence-electron chi connectivity index (χ1n) is 7.71. The molecule has 2 N–H and O–H groups in total. The van der Waals surface area contributed by atoms with Crippen LogP contribution in [0.4, 0.5) is 4.39 Å². The minimum atomic E-state index is -0.304. The first-order valence-corrected chi connectivity index (χ1v) is 7.71. The molecule has 2 aromatic heterocycles. The number of hydrogen-bond acceptors (Lipinski definition) is 3. The van der Waals surface area contributed by atoms with Gasteiger partial charge in [-0.2, -0.15) is 5.10 Å². The lowest BCUT2D eigenvalue weighted by Crippen LogP contribution is -2.22. The molecule has 0 bridgehead atoms. The van der Waals surface area contributed by atoms with Crippen molar-refractivity contribution in [2.24, 2.45) is 0 Å². The molecule has 0 radical (unpaired) electrons. The molecular formula is C18H14FN5O. The largest absolute Gasteiger partial charge is 0.348 e. The maximum Gasteiger partial charge on any atom is 0.254 e. The lowest BCUT2D eigenvalue weighted by atomic mass is 10.2. The van der Waals surface area contributed by atoms with E-state index < -0.39 is 0 Å². The molecule has 0 saturated carbocycles. The number of aromatic amines is 1. The molecule has 1 amide bonds. The molecule has 0 unspecified atom stereocenters. The quantitative estimate of drug-likeness (QED) is 0.602. The van der Waals surface area contributed by atoms with Crippen LogP contribution in [0.15, 0.2) is 60.9 Å². The number of carbonyl (C=O) groups excluding carboxylic acids is 1. The second-order valence-corrected chi connectivity index (χ2v) is 5.56. The molecule has 7 heteroatoms. The number of fused-ring (bicyclic) bond motifs is 1. The predicted molar refractivity (Wildman–Crippen MR) is 90.8 cm³/mol. The van der Waals surface area contributed by atoms with Gasteiger partial charge < -0.3 is 10.3 Å². The molecular weight excluding hydrogens is 321 g/mol. The molecule has 2 aromatic carbocycles. The Morgan fingerprint density at radius 2 is 1.96 bits per heavy atom. The van der Waals surface area contributed by atoms with E-state index in [1.165, 1.54) is 23.0 Å². The Bertz CT molecular complexity index is 1000. The van der Waals surface area contributed by atoms with Crippen LogP contribution >= 0.6 is 0 Å². The highest BCUT2D eigenvalue weighted by Crippen LogP contribution is 2.13. The monoisotopic (exact) mass is 335 g/mol. The Kier molecular flexibility index (Phi) is 3.74. The van der Waals surface area contributed by atoms with E-state index in [9.17, 15) is 9.18 Å². The summed E-state index contributed by atoms with van der Waals surface area (Å²) >= 11 is 0. The SMILES string of the molecule is O=C(NCc1ccc(F)cc1)c1cnn(-c2nc3ccccc3[nH]2)c1. The van der Waals surface area contributed by atoms with E-state index in [-0.39, 0.29) is 11.7 Å². The summed E-state index contributed by atoms with van der Waals surface area (Å²) in [6.45, 7) is 0.314. The highest BCUT2D eigenvalue weighted by atomic mass is 19.1. The Labute approximate surface area is 142 Å². The van der Waals surface area contributed by atoms with Crippen LogP contribution < -0.4 is 5.32 Å². The van der Waals surface area contributed by atoms with Crippen LogP contribution in [0.25, 0.3) is 17.0 Å². The van der Waals surface area contributed by atoms with E-state index in [1.807, 2.05) is 24.3 Å². The van der Waals surface area contributed by atoms with Crippen molar-refractivity contribution >= 4 is 16.9 Å². The van der Waals surface area contributed by atoms with Crippen molar-refractivity contribution in [1.29, 1.82) is 0 Å². The number of rotatable bonds is 4. The first kappa shape index (κ1) is 15.1. The van der Waals surface area contributed by atoms with Gasteiger partial charge >= 0.3 is 0 Å². The molecule has 0 saturated heterocycles. The van der Waals surface area contributed by atoms with Gasteiger partial charge in [0.05, 0.1) is 22.8 Å². The van der Waals surface area contributed by atoms with E-state index in [1.54, 1.807) is 18.3 Å². The minimum Gasteiger partial charge on any atom is -0.348 e. The number of amides is 1. The minimum absolute atomic E-state index is 0.258. The number of benzene rings is 2. The van der Waals surface area contributed by atoms with Gasteiger partial charge in [-0.05, 0) is 29.8 Å². The second-order valence-electron chi connectivity index (χ2n) is 5.56. The summed E-state index contributed by atoms with van der Waals surface area (Å²) in [5.41, 5.74) is 2.97. The van der Waals surface area contributed by atoms with E-state index in [0.717, 1.165) is 16.6 Å². The fourth-order valence-corrected chi connectivity index (χ4v) is 2.49. The molecule has 0 aliphatic carbocycles. The third-order valence-electron chi connectivity index (χ3n) is 3.80. The summed E-state index contributed by atoms with van der Waals surface area (Å²) in [6.07, 6.45) is 3.09. The molecule has 2 heterocycles. The third-order valence-corrected chi connectivity index (χ3v) is 3.80. The average molecular weight is 335 g/mol. The van der Waals surface area contributed by atoms with E-state index >= 15 is 0 Å². The highest BCUT2D eigenvalue weighted by Gasteiger charge is 2.11. The smallest absolute Gasteiger partial charge is 0.254 e. The zero-order valence-electron chi connectivity index (χ0n) is 13.1. The van der Waals surface area contributed by atoms with Gasteiger partial charge in [-0.1, -0.05) is 24.3 Å². The predicted octanol–water partition coefficient (Wildman–Crippen LogP) is 2.82. The van der Waals surface area contributed by atoms with E-state index in [0.29, 0.717) is 18.1 Å². The molecule has 6 nitrogen and oxygen atoms in total. The topological polar surface area (TPSA) is 75.6 Å². The molecule has 124 valence electrons. The number of para-hydroxylation sites is 2. The van der Waals surface area contributed by atoms with Gasteiger partial charge in [0.1, 0.15) is 5.82 Å². The van der Waals surface area contributed by atoms with Crippen LogP contribution in [0.2, 0.25) is 0 Å². The van der Waals surface area contributed by atoms with Crippen LogP contribution in [0.1, 0.15) is 15.9 Å². The van der Waals surface area contributed by atoms with Crippen LogP contribution in [-0.2, 0) is 6.54 Å². The number of H-pyrrole nitrogens is 1. The summed E-state index contributed by atoms with van der Waals surface area (Å²) in [6, 6.07) is 13.6. The Morgan fingerprint density at radius 1 is 1.16 bits per heavy atom. The van der Waals surface area contributed by atoms with Gasteiger partial charge in [-0.3, -0.25) is 4.79 Å². The van der Waals surface area contributed by atoms with E-state index in [2.05, 4.69) is 20.4 Å². The first-order chi connectivity index (χ1) is 12.2. The Hall–Kier alpha value is -3.48. The van der Waals surface area contributed by atoms with Gasteiger partial charge in [0.2, 0.25) is 5.95 Å². The standard InChI is InChI=1S/C18H14FN5O/c19-14-7-5-12(6-8-14)9-20-17(25)13-10-21-24(11-13)18-22-15-3-1-2-4-16(15)23-18/h1-8,10-11H,9H2,(H,20,25)(H,22,23). The van der Waals surface area contributed by atoms with Crippen LogP contribution in [-0.4, -0.2) is 25.7 Å². The summed E-state index contributed by atoms with van der Waals surface area (Å²) in [7, 11) is 0. The van der Waals surface area contributed by atoms with E-state index in [4.69, 9.17) is 0 Å². The number of halogens is 1. The summed E-state index contributed by atoms with van der Waals surface area (Å²) < 4.78 is 14.4. The van der Waals surface area contributed by atoms with Gasteiger partial charge in [-0.15, -0.1) is 0 Å². The fourth-order valence-electron chi connectivity index (χ4n) is 2.49. The summed E-state index contributed by atoms with van der Waals surface area (Å²) in [5.74, 6) is -0.0207. The third kappa shape index (κ3) is 3.12. The Balaban J connectivity index is 1.48. The molecule has 0 aliphatic rings. The number of nitrogens with one attached hydrogen (secondary N) is 2. The number of nitrogens with zero attached hydrogens (tertiary/aromatic N) is 3. The lowest BCUT2D eigenvalue weighted by Gasteiger charge is -2.03. The number of hydrogen-bond donors (Lipinski definition) is 2. The number of carbonyl (C=O) groups is 1. The molecule has 0 aliphatic heterocycles. The molecule has 25 heavy (non-hydrogen) atoms. The van der Waals surface area contributed by atoms with Gasteiger partial charge in [-0.25, -0.2) is 14.1 Å². The van der Waals surface area contributed by atoms with Gasteiger partial charge in [0.25, 0.3) is 5.91 Å². The molecule has 0 spiro atoms. The van der Waals surface area contributed by atoms with Crippen LogP contribution in [0, 0.1) is 5.82 Å². The molecule has 4 aromatic rings. The summed E-state index contributed by atoms with van der Waals surface area (Å²) in [4.78, 5) is 19.8. The van der Waals surface area contributed by atoms with Crippen molar-refractivity contribution in [2.75, 3.05) is 0 Å². The van der Waals surface area contributed by atoms with Crippen molar-refractivity contribution < 1.29 is 9.18 Å². The lowest BCUT2D eigenvalue weighted by molar-refractivity contribution is 0.0951. The van der Waals surface area contributed by atoms with Crippen molar-refractivity contribution in [1.82, 2.24) is 25.1 Å². The zero-order chi connectivity index (χ0) is 17.2. The molecule has 0 atom stereocenters. The maximum atomic E-state index is 12.9. The zero-order valence-corrected chi connectivity index (χ0v) is 13.1. The molecule has 0 fully saturated rings. The average Bonchev–Trinajstić information content (AvgIpc) is 3.27. The second kappa shape index (κ2) is 6.20. The normalized spacial score (nSPS) is 10.9. The number of aromatic nitrogens is 4.